The van der Waals surface area contributed by atoms with Crippen LogP contribution >= 0.6 is 0 Å². The third-order valence-electron chi connectivity index (χ3n) is 6.22. The van der Waals surface area contributed by atoms with E-state index in [-0.39, 0.29) is 31.2 Å². The van der Waals surface area contributed by atoms with Gasteiger partial charge in [0.15, 0.2) is 0 Å². The summed E-state index contributed by atoms with van der Waals surface area (Å²) in [6, 6.07) is 16.1. The maximum Gasteiger partial charge on any atom is 0.411 e. The van der Waals surface area contributed by atoms with Crippen molar-refractivity contribution >= 4 is 22.1 Å². The molecule has 0 N–H and O–H groups in total. The van der Waals surface area contributed by atoms with Crippen LogP contribution in [-0.2, 0) is 36.1 Å². The van der Waals surface area contributed by atoms with E-state index >= 15 is 0 Å². The molecule has 2 amide bonds. The van der Waals surface area contributed by atoms with E-state index in [1.165, 1.54) is 4.90 Å². The fourth-order valence-corrected chi connectivity index (χ4v) is 5.88. The lowest BCUT2D eigenvalue weighted by Crippen LogP contribution is -2.72. The van der Waals surface area contributed by atoms with Crippen LogP contribution in [0.15, 0.2) is 54.6 Å². The molecular weight excluding hydrogens is 484 g/mol. The predicted octanol–water partition coefficient (Wildman–Crippen LogP) is 3.33. The van der Waals surface area contributed by atoms with Crippen LogP contribution in [-0.4, -0.2) is 67.7 Å². The molecule has 2 heterocycles. The molecule has 10 heteroatoms. The number of carbonyl (C=O) groups is 2. The maximum atomic E-state index is 13.4. The lowest BCUT2D eigenvalue weighted by molar-refractivity contribution is -0.161. The molecule has 2 aliphatic rings. The largest absolute Gasteiger partial charge is 0.497 e. The van der Waals surface area contributed by atoms with Crippen molar-refractivity contribution < 1.29 is 31.7 Å². The highest BCUT2D eigenvalue weighted by atomic mass is 32.2. The fraction of sp³-hybridized carbons (Fsp3) is 0.462. The van der Waals surface area contributed by atoms with Gasteiger partial charge in [0.05, 0.1) is 26.3 Å². The summed E-state index contributed by atoms with van der Waals surface area (Å²) in [6.45, 7) is 5.80. The highest BCUT2D eigenvalue weighted by Crippen LogP contribution is 2.42. The monoisotopic (exact) mass is 516 g/mol. The van der Waals surface area contributed by atoms with Gasteiger partial charge in [0.1, 0.15) is 22.6 Å². The molecule has 1 unspecified atom stereocenters. The number of methoxy groups -OCH3 is 1. The molecule has 0 bridgehead atoms. The van der Waals surface area contributed by atoms with Gasteiger partial charge in [0.25, 0.3) is 16.0 Å². The topological polar surface area (TPSA) is 102 Å². The number of hydrogen-bond donors (Lipinski definition) is 0. The third kappa shape index (κ3) is 5.65. The van der Waals surface area contributed by atoms with E-state index < -0.39 is 33.5 Å². The Balaban J connectivity index is 1.50. The van der Waals surface area contributed by atoms with E-state index in [1.54, 1.807) is 63.1 Å². The average molecular weight is 517 g/mol. The zero-order chi connectivity index (χ0) is 26.1. The number of rotatable bonds is 7. The van der Waals surface area contributed by atoms with Gasteiger partial charge in [0, 0.05) is 13.0 Å². The van der Waals surface area contributed by atoms with Crippen molar-refractivity contribution in [2.75, 3.05) is 20.2 Å². The Hall–Kier alpha value is -3.11. The van der Waals surface area contributed by atoms with Crippen molar-refractivity contribution in [1.29, 1.82) is 0 Å². The van der Waals surface area contributed by atoms with Crippen LogP contribution in [0.25, 0.3) is 0 Å². The number of hydrogen-bond acceptors (Lipinski definition) is 7. The van der Waals surface area contributed by atoms with Crippen LogP contribution in [0.2, 0.25) is 0 Å². The zero-order valence-electron chi connectivity index (χ0n) is 21.0. The molecule has 1 spiro atoms. The van der Waals surface area contributed by atoms with Gasteiger partial charge in [-0.2, -0.15) is 8.42 Å². The minimum absolute atomic E-state index is 0.0505. The van der Waals surface area contributed by atoms with Gasteiger partial charge in [0.2, 0.25) is 0 Å². The van der Waals surface area contributed by atoms with Crippen molar-refractivity contribution in [2.45, 2.75) is 56.7 Å². The Morgan fingerprint density at radius 1 is 1.06 bits per heavy atom. The van der Waals surface area contributed by atoms with Gasteiger partial charge in [-0.3, -0.25) is 13.9 Å². The third-order valence-corrected chi connectivity index (χ3v) is 7.47. The predicted molar refractivity (Wildman–Crippen MR) is 133 cm³/mol. The summed E-state index contributed by atoms with van der Waals surface area (Å²) in [4.78, 5) is 29.5. The summed E-state index contributed by atoms with van der Waals surface area (Å²) in [5.74, 6) is 0.172. The minimum Gasteiger partial charge on any atom is -0.497 e. The lowest BCUT2D eigenvalue weighted by atomic mass is 9.85. The molecule has 2 aromatic carbocycles. The molecule has 9 nitrogen and oxygen atoms in total. The highest BCUT2D eigenvalue weighted by Gasteiger charge is 2.63. The van der Waals surface area contributed by atoms with Crippen LogP contribution in [0.5, 0.6) is 5.75 Å². The number of amides is 2. The first kappa shape index (κ1) is 26.0. The lowest BCUT2D eigenvalue weighted by Gasteiger charge is -2.50. The van der Waals surface area contributed by atoms with Crippen molar-refractivity contribution in [3.63, 3.8) is 0 Å². The smallest absolute Gasteiger partial charge is 0.411 e. The van der Waals surface area contributed by atoms with E-state index in [9.17, 15) is 18.0 Å². The Kier molecular flexibility index (Phi) is 7.03. The van der Waals surface area contributed by atoms with Crippen LogP contribution in [0.3, 0.4) is 0 Å². The number of likely N-dealkylation sites (tertiary alicyclic amines) is 2. The molecule has 2 saturated heterocycles. The van der Waals surface area contributed by atoms with Crippen molar-refractivity contribution in [2.24, 2.45) is 0 Å². The molecule has 0 saturated carbocycles. The summed E-state index contributed by atoms with van der Waals surface area (Å²) in [7, 11) is -2.35. The normalized spacial score (nSPS) is 22.0. The summed E-state index contributed by atoms with van der Waals surface area (Å²) in [6.07, 6.45) is -1.43. The second-order valence-corrected chi connectivity index (χ2v) is 11.8. The molecule has 2 atom stereocenters. The molecule has 0 aliphatic carbocycles. The Bertz CT molecular complexity index is 1210. The quantitative estimate of drug-likeness (QED) is 0.411. The molecule has 4 rings (SSSR count). The highest BCUT2D eigenvalue weighted by molar-refractivity contribution is 7.85. The van der Waals surface area contributed by atoms with Gasteiger partial charge < -0.3 is 14.4 Å². The molecule has 2 aromatic rings. The summed E-state index contributed by atoms with van der Waals surface area (Å²) >= 11 is 0. The first-order valence-electron chi connectivity index (χ1n) is 11.8. The first-order valence-corrected chi connectivity index (χ1v) is 13.4. The molecule has 0 aromatic heterocycles. The molecular formula is C26H32N2O7S. The Labute approximate surface area is 212 Å². The van der Waals surface area contributed by atoms with E-state index in [0.29, 0.717) is 17.9 Å². The Morgan fingerprint density at radius 2 is 1.72 bits per heavy atom. The number of ether oxygens (including phenoxy) is 2. The summed E-state index contributed by atoms with van der Waals surface area (Å²) in [5, 5.41) is 0. The Morgan fingerprint density at radius 3 is 2.31 bits per heavy atom. The van der Waals surface area contributed by atoms with Crippen LogP contribution < -0.4 is 4.74 Å². The van der Waals surface area contributed by atoms with Gasteiger partial charge in [-0.15, -0.1) is 0 Å². The number of β-lactam (4-membered cyclic amide) rings is 1. The number of carbonyl (C=O) groups excluding carboxylic acids is 2. The van der Waals surface area contributed by atoms with Gasteiger partial charge in [-0.1, -0.05) is 42.5 Å². The molecule has 2 aliphatic heterocycles. The van der Waals surface area contributed by atoms with E-state index in [1.807, 2.05) is 24.3 Å². The van der Waals surface area contributed by atoms with E-state index in [0.717, 1.165) is 5.56 Å². The van der Waals surface area contributed by atoms with Gasteiger partial charge in [-0.25, -0.2) is 4.79 Å². The molecule has 36 heavy (non-hydrogen) atoms. The van der Waals surface area contributed by atoms with Crippen LogP contribution in [0.4, 0.5) is 4.79 Å². The van der Waals surface area contributed by atoms with Crippen LogP contribution in [0.1, 0.15) is 38.3 Å². The van der Waals surface area contributed by atoms with Crippen LogP contribution in [0, 0.1) is 0 Å². The first-order chi connectivity index (χ1) is 16.9. The van der Waals surface area contributed by atoms with Crippen molar-refractivity contribution in [3.05, 3.63) is 65.7 Å². The van der Waals surface area contributed by atoms with E-state index in [4.69, 9.17) is 13.7 Å². The minimum atomic E-state index is -3.94. The van der Waals surface area contributed by atoms with Gasteiger partial charge >= 0.3 is 6.09 Å². The maximum absolute atomic E-state index is 13.4. The second kappa shape index (κ2) is 9.74. The molecule has 194 valence electrons. The standard InChI is InChI=1S/C26H32N2O7S/c1-25(2,3)34-24(30)28-16-22(35-36(31,32)17-20-8-6-5-7-9-20)14-26(28)18-27(23(26)29)15-19-10-12-21(33-4)13-11-19/h5-13,22H,14-18H2,1-4H3/t22-,26?/m1/s1. The average Bonchev–Trinajstić information content (AvgIpc) is 3.18. The van der Waals surface area contributed by atoms with Gasteiger partial charge in [-0.05, 0) is 44.0 Å². The van der Waals surface area contributed by atoms with E-state index in [2.05, 4.69) is 0 Å². The fourth-order valence-electron chi connectivity index (χ4n) is 4.67. The summed E-state index contributed by atoms with van der Waals surface area (Å²) < 4.78 is 41.8. The summed E-state index contributed by atoms with van der Waals surface area (Å²) in [5.41, 5.74) is -0.452. The van der Waals surface area contributed by atoms with Crippen molar-refractivity contribution in [1.82, 2.24) is 9.80 Å². The SMILES string of the molecule is COc1ccc(CN2CC3(C[C@@H](OS(=O)(=O)Cc4ccccc4)CN3C(=O)OC(C)(C)C)C2=O)cc1. The molecule has 2 fully saturated rings. The van der Waals surface area contributed by atoms with Crippen molar-refractivity contribution in [3.8, 4) is 5.75 Å². The number of benzene rings is 2. The zero-order valence-corrected chi connectivity index (χ0v) is 21.8. The second-order valence-electron chi connectivity index (χ2n) is 10.2. The number of nitrogens with zero attached hydrogens (tertiary/aromatic N) is 2. The molecule has 0 radical (unpaired) electrons.